The highest BCUT2D eigenvalue weighted by Gasteiger charge is 2.26. The van der Waals surface area contributed by atoms with Crippen molar-refractivity contribution in [1.82, 2.24) is 35.3 Å². The van der Waals surface area contributed by atoms with Gasteiger partial charge < -0.3 is 15.0 Å². The van der Waals surface area contributed by atoms with Crippen molar-refractivity contribution in [2.75, 3.05) is 46.4 Å². The first kappa shape index (κ1) is 21.0. The molecule has 1 aromatic heterocycles. The number of nitrogens with one attached hydrogen (secondary N) is 1. The molecule has 29 heavy (non-hydrogen) atoms. The van der Waals surface area contributed by atoms with Crippen molar-refractivity contribution in [2.24, 2.45) is 0 Å². The number of carbonyl (C=O) groups excluding carboxylic acids is 2. The van der Waals surface area contributed by atoms with Crippen molar-refractivity contribution in [1.29, 1.82) is 0 Å². The number of methoxy groups -OCH3 is 1. The van der Waals surface area contributed by atoms with E-state index in [0.29, 0.717) is 61.3 Å². The molecule has 1 saturated heterocycles. The summed E-state index contributed by atoms with van der Waals surface area (Å²) in [6.45, 7) is 5.34. The maximum atomic E-state index is 13.0. The SMILES string of the molecule is CCCNC(=O)CN1CCN(C(=O)c2cc(Cl)c(-n3cnnn3)cc2OC)CC1. The average Bonchev–Trinajstić information content (AvgIpc) is 3.26. The third-order valence-electron chi connectivity index (χ3n) is 4.69. The highest BCUT2D eigenvalue weighted by Crippen LogP contribution is 2.30. The third kappa shape index (κ3) is 5.01. The zero-order chi connectivity index (χ0) is 20.8. The number of nitrogens with zero attached hydrogens (tertiary/aromatic N) is 6. The van der Waals surface area contributed by atoms with Gasteiger partial charge in [-0.15, -0.1) is 5.10 Å². The van der Waals surface area contributed by atoms with Crippen molar-refractivity contribution in [3.05, 3.63) is 29.0 Å². The summed E-state index contributed by atoms with van der Waals surface area (Å²) in [5.41, 5.74) is 0.899. The Labute approximate surface area is 173 Å². The molecule has 0 spiro atoms. The fraction of sp³-hybridized carbons (Fsp3) is 0.500. The molecule has 0 aliphatic carbocycles. The second-order valence-electron chi connectivity index (χ2n) is 6.68. The van der Waals surface area contributed by atoms with Crippen LogP contribution in [0.5, 0.6) is 5.75 Å². The van der Waals surface area contributed by atoms with Crippen LogP contribution in [0.1, 0.15) is 23.7 Å². The fourth-order valence-electron chi connectivity index (χ4n) is 3.13. The zero-order valence-electron chi connectivity index (χ0n) is 16.5. The van der Waals surface area contributed by atoms with E-state index in [4.69, 9.17) is 16.3 Å². The Balaban J connectivity index is 1.67. The molecule has 0 unspecified atom stereocenters. The van der Waals surface area contributed by atoms with Gasteiger partial charge in [-0.05, 0) is 22.9 Å². The highest BCUT2D eigenvalue weighted by molar-refractivity contribution is 6.33. The second-order valence-corrected chi connectivity index (χ2v) is 7.08. The van der Waals surface area contributed by atoms with E-state index in [9.17, 15) is 9.59 Å². The summed E-state index contributed by atoms with van der Waals surface area (Å²) in [5, 5.41) is 14.2. The molecule has 2 aromatic rings. The maximum Gasteiger partial charge on any atom is 0.257 e. The van der Waals surface area contributed by atoms with Gasteiger partial charge >= 0.3 is 0 Å². The van der Waals surface area contributed by atoms with Crippen molar-refractivity contribution >= 4 is 23.4 Å². The Kier molecular flexibility index (Phi) is 6.99. The standard InChI is InChI=1S/C18H24ClN7O3/c1-3-4-20-17(27)11-24-5-7-25(8-6-24)18(28)13-9-14(19)15(10-16(13)29-2)26-12-21-22-23-26/h9-10,12H,3-8,11H2,1-2H3,(H,20,27). The highest BCUT2D eigenvalue weighted by atomic mass is 35.5. The summed E-state index contributed by atoms with van der Waals surface area (Å²) >= 11 is 6.36. The van der Waals surface area contributed by atoms with Crippen LogP contribution >= 0.6 is 11.6 Å². The molecule has 11 heteroatoms. The minimum atomic E-state index is -0.165. The van der Waals surface area contributed by atoms with E-state index in [-0.39, 0.29) is 11.8 Å². The smallest absolute Gasteiger partial charge is 0.257 e. The van der Waals surface area contributed by atoms with Crippen LogP contribution in [0.25, 0.3) is 5.69 Å². The van der Waals surface area contributed by atoms with Gasteiger partial charge in [-0.1, -0.05) is 18.5 Å². The van der Waals surface area contributed by atoms with Crippen LogP contribution in [0.4, 0.5) is 0 Å². The minimum Gasteiger partial charge on any atom is -0.496 e. The summed E-state index contributed by atoms with van der Waals surface area (Å²) in [6, 6.07) is 3.21. The molecule has 1 fully saturated rings. The van der Waals surface area contributed by atoms with Crippen LogP contribution in [0.15, 0.2) is 18.5 Å². The Morgan fingerprint density at radius 2 is 2.00 bits per heavy atom. The summed E-state index contributed by atoms with van der Waals surface area (Å²) in [6.07, 6.45) is 2.32. The van der Waals surface area contributed by atoms with Crippen molar-refractivity contribution in [2.45, 2.75) is 13.3 Å². The van der Waals surface area contributed by atoms with Crippen LogP contribution in [0.3, 0.4) is 0 Å². The van der Waals surface area contributed by atoms with Gasteiger partial charge in [0.05, 0.1) is 29.9 Å². The van der Waals surface area contributed by atoms with Gasteiger partial charge in [0, 0.05) is 38.8 Å². The van der Waals surface area contributed by atoms with Gasteiger partial charge in [-0.3, -0.25) is 14.5 Å². The maximum absolute atomic E-state index is 13.0. The van der Waals surface area contributed by atoms with Crippen LogP contribution in [-0.2, 0) is 4.79 Å². The van der Waals surface area contributed by atoms with Gasteiger partial charge in [-0.25, -0.2) is 0 Å². The van der Waals surface area contributed by atoms with E-state index < -0.39 is 0 Å². The topological polar surface area (TPSA) is 105 Å². The molecule has 0 atom stereocenters. The van der Waals surface area contributed by atoms with E-state index in [1.807, 2.05) is 11.8 Å². The molecule has 2 heterocycles. The lowest BCUT2D eigenvalue weighted by molar-refractivity contribution is -0.122. The van der Waals surface area contributed by atoms with Gasteiger partial charge in [0.2, 0.25) is 5.91 Å². The molecular weight excluding hydrogens is 398 g/mol. The van der Waals surface area contributed by atoms with E-state index in [2.05, 4.69) is 20.8 Å². The molecule has 0 saturated carbocycles. The summed E-state index contributed by atoms with van der Waals surface area (Å²) in [4.78, 5) is 28.7. The number of aromatic nitrogens is 4. The Morgan fingerprint density at radius 3 is 2.62 bits per heavy atom. The van der Waals surface area contributed by atoms with Crippen molar-refractivity contribution < 1.29 is 14.3 Å². The van der Waals surface area contributed by atoms with Crippen LogP contribution in [0.2, 0.25) is 5.02 Å². The number of rotatable bonds is 7. The summed E-state index contributed by atoms with van der Waals surface area (Å²) in [7, 11) is 1.50. The van der Waals surface area contributed by atoms with Crippen LogP contribution in [-0.4, -0.2) is 88.2 Å². The van der Waals surface area contributed by atoms with Crippen molar-refractivity contribution in [3.8, 4) is 11.4 Å². The number of amides is 2. The van der Waals surface area contributed by atoms with Crippen LogP contribution < -0.4 is 10.1 Å². The minimum absolute atomic E-state index is 0.0123. The zero-order valence-corrected chi connectivity index (χ0v) is 17.2. The number of hydrogen-bond acceptors (Lipinski definition) is 7. The van der Waals surface area contributed by atoms with Gasteiger partial charge in [0.1, 0.15) is 12.1 Å². The predicted molar refractivity (Wildman–Crippen MR) is 106 cm³/mol. The summed E-state index contributed by atoms with van der Waals surface area (Å²) < 4.78 is 6.82. The average molecular weight is 422 g/mol. The van der Waals surface area contributed by atoms with E-state index >= 15 is 0 Å². The molecule has 1 aliphatic heterocycles. The van der Waals surface area contributed by atoms with Gasteiger partial charge in [0.15, 0.2) is 0 Å². The van der Waals surface area contributed by atoms with Crippen molar-refractivity contribution in [3.63, 3.8) is 0 Å². The van der Waals surface area contributed by atoms with E-state index in [1.165, 1.54) is 18.1 Å². The predicted octanol–water partition coefficient (Wildman–Crippen LogP) is 0.608. The monoisotopic (exact) mass is 421 g/mol. The largest absolute Gasteiger partial charge is 0.496 e. The first-order chi connectivity index (χ1) is 14.0. The molecule has 0 bridgehead atoms. The second kappa shape index (κ2) is 9.66. The third-order valence-corrected chi connectivity index (χ3v) is 5.00. The Hall–Kier alpha value is -2.72. The molecule has 1 aromatic carbocycles. The van der Waals surface area contributed by atoms with Crippen LogP contribution in [0, 0.1) is 0 Å². The van der Waals surface area contributed by atoms with Gasteiger partial charge in [-0.2, -0.15) is 4.68 Å². The summed E-state index contributed by atoms with van der Waals surface area (Å²) in [5.74, 6) is 0.242. The first-order valence-corrected chi connectivity index (χ1v) is 9.80. The number of benzene rings is 1. The molecule has 1 N–H and O–H groups in total. The lowest BCUT2D eigenvalue weighted by atomic mass is 10.1. The molecule has 10 nitrogen and oxygen atoms in total. The quantitative estimate of drug-likeness (QED) is 0.698. The number of hydrogen-bond donors (Lipinski definition) is 1. The lowest BCUT2D eigenvalue weighted by Gasteiger charge is -2.34. The van der Waals surface area contributed by atoms with E-state index in [1.54, 1.807) is 17.0 Å². The molecule has 156 valence electrons. The Bertz CT molecular complexity index is 851. The Morgan fingerprint density at radius 1 is 1.24 bits per heavy atom. The number of piperazine rings is 1. The van der Waals surface area contributed by atoms with Gasteiger partial charge in [0.25, 0.3) is 5.91 Å². The molecule has 1 aliphatic rings. The number of carbonyl (C=O) groups is 2. The molecule has 2 amide bonds. The number of halogens is 1. The number of ether oxygens (including phenoxy) is 1. The first-order valence-electron chi connectivity index (χ1n) is 9.42. The molecule has 3 rings (SSSR count). The normalized spacial score (nSPS) is 14.7. The lowest BCUT2D eigenvalue weighted by Crippen LogP contribution is -2.51. The molecule has 0 radical (unpaired) electrons. The van der Waals surface area contributed by atoms with E-state index in [0.717, 1.165) is 6.42 Å². The fourth-order valence-corrected chi connectivity index (χ4v) is 3.38. The number of tetrazole rings is 1. The molecular formula is C18H24ClN7O3.